The summed E-state index contributed by atoms with van der Waals surface area (Å²) in [5.74, 6) is 0. The number of hydrogen-bond donors (Lipinski definition) is 1. The topological polar surface area (TPSA) is 33.1 Å². The zero-order chi connectivity index (χ0) is 21.3. The van der Waals surface area contributed by atoms with Gasteiger partial charge in [0, 0.05) is 34.3 Å². The third-order valence-electron chi connectivity index (χ3n) is 5.81. The molecule has 1 N–H and O–H groups in total. The third kappa shape index (κ3) is 3.91. The summed E-state index contributed by atoms with van der Waals surface area (Å²) < 4.78 is 3.41. The molecule has 0 spiro atoms. The zero-order valence-corrected chi connectivity index (χ0v) is 20.0. The fourth-order valence-corrected chi connectivity index (χ4v) is 5.13. The van der Waals surface area contributed by atoms with Gasteiger partial charge in [0.2, 0.25) is 0 Å². The van der Waals surface area contributed by atoms with Gasteiger partial charge < -0.3 is 14.8 Å². The van der Waals surface area contributed by atoms with Gasteiger partial charge in [0.25, 0.3) is 0 Å². The number of hydrogen-bond acceptors (Lipinski definition) is 2. The monoisotopic (exact) mass is 482 g/mol. The summed E-state index contributed by atoms with van der Waals surface area (Å²) in [5.41, 5.74) is 5.94. The van der Waals surface area contributed by atoms with Crippen LogP contribution < -0.4 is 5.32 Å². The number of unbranched alkanes of at least 4 members (excludes halogenated alkanes) is 1. The van der Waals surface area contributed by atoms with Crippen LogP contribution in [0.4, 0.5) is 0 Å². The average molecular weight is 483 g/mol. The normalized spacial score (nSPS) is 18.7. The lowest BCUT2D eigenvalue weighted by Gasteiger charge is -2.28. The van der Waals surface area contributed by atoms with Gasteiger partial charge in [-0.25, -0.2) is 0 Å². The Morgan fingerprint density at radius 1 is 1.13 bits per heavy atom. The fourth-order valence-electron chi connectivity index (χ4n) is 4.41. The minimum atomic E-state index is 0.0343. The van der Waals surface area contributed by atoms with Gasteiger partial charge in [-0.3, -0.25) is 4.98 Å². The Kier molecular flexibility index (Phi) is 6.25. The minimum absolute atomic E-state index is 0.0343. The summed E-state index contributed by atoms with van der Waals surface area (Å²) in [6.07, 6.45) is 4.10. The first-order valence-corrected chi connectivity index (χ1v) is 11.6. The molecule has 156 valence electrons. The Morgan fingerprint density at radius 2 is 1.97 bits per heavy atom. The lowest BCUT2D eigenvalue weighted by Crippen LogP contribution is -2.30. The second kappa shape index (κ2) is 8.90. The van der Waals surface area contributed by atoms with Gasteiger partial charge in [0.05, 0.1) is 17.8 Å². The number of halogens is 1. The van der Waals surface area contributed by atoms with Gasteiger partial charge in [-0.05, 0) is 74.4 Å². The average Bonchev–Trinajstić information content (AvgIpc) is 3.22. The van der Waals surface area contributed by atoms with Crippen molar-refractivity contribution in [1.29, 1.82) is 0 Å². The number of nitrogens with zero attached hydrogens (tertiary/aromatic N) is 3. The number of aromatic nitrogens is 2. The van der Waals surface area contributed by atoms with Crippen molar-refractivity contribution in [3.05, 3.63) is 81.8 Å². The molecule has 6 heteroatoms. The van der Waals surface area contributed by atoms with Crippen LogP contribution in [0.25, 0.3) is 5.69 Å². The quantitative estimate of drug-likeness (QED) is 0.435. The van der Waals surface area contributed by atoms with Gasteiger partial charge >= 0.3 is 0 Å². The number of rotatable bonds is 6. The van der Waals surface area contributed by atoms with Crippen LogP contribution in [-0.2, 0) is 0 Å². The Morgan fingerprint density at radius 3 is 2.67 bits per heavy atom. The van der Waals surface area contributed by atoms with Gasteiger partial charge in [0.15, 0.2) is 5.11 Å². The van der Waals surface area contributed by atoms with E-state index in [0.29, 0.717) is 0 Å². The maximum Gasteiger partial charge on any atom is 0.170 e. The molecule has 0 unspecified atom stereocenters. The van der Waals surface area contributed by atoms with Crippen LogP contribution in [0.3, 0.4) is 0 Å². The van der Waals surface area contributed by atoms with E-state index in [1.165, 1.54) is 17.0 Å². The lowest BCUT2D eigenvalue weighted by molar-refractivity contribution is 0.312. The van der Waals surface area contributed by atoms with Gasteiger partial charge in [-0.15, -0.1) is 0 Å². The molecule has 2 aromatic heterocycles. The minimum Gasteiger partial charge on any atom is -0.352 e. The standard InChI is InChI=1S/C24H27BrN4S/c1-4-5-13-28-23(22(27-24(28)30)21-11-6-7-12-26-21)20-14-16(2)29(17(20)3)19-10-8-9-18(25)15-19/h6-12,14-15,22-23H,4-5,13H2,1-3H3,(H,27,30)/t22-,23-/m1/s1. The van der Waals surface area contributed by atoms with Crippen LogP contribution in [0.1, 0.15) is 54.5 Å². The molecule has 0 bridgehead atoms. The Hall–Kier alpha value is -2.18. The van der Waals surface area contributed by atoms with Crippen LogP contribution in [0.15, 0.2) is 59.2 Å². The molecule has 3 heterocycles. The van der Waals surface area contributed by atoms with Crippen LogP contribution in [-0.4, -0.2) is 26.1 Å². The van der Waals surface area contributed by atoms with Gasteiger partial charge in [0.1, 0.15) is 0 Å². The van der Waals surface area contributed by atoms with Crippen LogP contribution in [0, 0.1) is 13.8 Å². The maximum absolute atomic E-state index is 5.78. The Labute approximate surface area is 192 Å². The van der Waals surface area contributed by atoms with Crippen molar-refractivity contribution in [3.63, 3.8) is 0 Å². The highest BCUT2D eigenvalue weighted by Crippen LogP contribution is 2.41. The van der Waals surface area contributed by atoms with E-state index < -0.39 is 0 Å². The summed E-state index contributed by atoms with van der Waals surface area (Å²) in [4.78, 5) is 7.00. The smallest absolute Gasteiger partial charge is 0.170 e. The first-order chi connectivity index (χ1) is 14.5. The number of thiocarbonyl (C=S) groups is 1. The number of aryl methyl sites for hydroxylation is 1. The molecule has 2 atom stereocenters. The molecule has 0 saturated carbocycles. The molecule has 1 saturated heterocycles. The third-order valence-corrected chi connectivity index (χ3v) is 6.65. The zero-order valence-electron chi connectivity index (χ0n) is 17.6. The van der Waals surface area contributed by atoms with E-state index in [0.717, 1.165) is 40.4 Å². The van der Waals surface area contributed by atoms with E-state index in [9.17, 15) is 0 Å². The molecule has 1 fully saturated rings. The SMILES string of the molecule is CCCCN1C(=S)N[C@H](c2ccccn2)[C@H]1c1cc(C)n(-c2cccc(Br)c2)c1C. The van der Waals surface area contributed by atoms with Crippen molar-refractivity contribution in [2.24, 2.45) is 0 Å². The summed E-state index contributed by atoms with van der Waals surface area (Å²) in [7, 11) is 0. The van der Waals surface area contributed by atoms with E-state index in [-0.39, 0.29) is 12.1 Å². The van der Waals surface area contributed by atoms with E-state index >= 15 is 0 Å². The lowest BCUT2D eigenvalue weighted by atomic mass is 9.96. The van der Waals surface area contributed by atoms with Gasteiger partial charge in [-0.2, -0.15) is 0 Å². The Balaban J connectivity index is 1.82. The predicted molar refractivity (Wildman–Crippen MR) is 130 cm³/mol. The molecule has 1 aliphatic rings. The first kappa shape index (κ1) is 21.1. The van der Waals surface area contributed by atoms with Crippen LogP contribution >= 0.6 is 28.1 Å². The second-order valence-corrected chi connectivity index (χ2v) is 9.12. The Bertz CT molecular complexity index is 1050. The molecule has 0 radical (unpaired) electrons. The molecule has 4 nitrogen and oxygen atoms in total. The van der Waals surface area contributed by atoms with E-state index in [1.807, 2.05) is 18.3 Å². The van der Waals surface area contributed by atoms with Crippen LogP contribution in [0.5, 0.6) is 0 Å². The summed E-state index contributed by atoms with van der Waals surface area (Å²) in [6.45, 7) is 7.54. The highest BCUT2D eigenvalue weighted by molar-refractivity contribution is 9.10. The molecule has 0 amide bonds. The van der Waals surface area contributed by atoms with Crippen molar-refractivity contribution in [2.75, 3.05) is 6.54 Å². The van der Waals surface area contributed by atoms with E-state index in [1.54, 1.807) is 0 Å². The molecular formula is C24H27BrN4S. The molecule has 1 aromatic carbocycles. The van der Waals surface area contributed by atoms with Gasteiger partial charge in [-0.1, -0.05) is 41.4 Å². The predicted octanol–water partition coefficient (Wildman–Crippen LogP) is 6.02. The molecule has 0 aliphatic carbocycles. The molecule has 3 aromatic rings. The van der Waals surface area contributed by atoms with Crippen molar-refractivity contribution in [3.8, 4) is 5.69 Å². The summed E-state index contributed by atoms with van der Waals surface area (Å²) in [6, 6.07) is 17.0. The molecule has 30 heavy (non-hydrogen) atoms. The maximum atomic E-state index is 5.78. The second-order valence-electron chi connectivity index (χ2n) is 7.82. The van der Waals surface area contributed by atoms with Crippen molar-refractivity contribution < 1.29 is 0 Å². The number of pyridine rings is 1. The molecular weight excluding hydrogens is 456 g/mol. The van der Waals surface area contributed by atoms with Crippen molar-refractivity contribution in [2.45, 2.75) is 45.7 Å². The fraction of sp³-hybridized carbons (Fsp3) is 0.333. The number of nitrogens with one attached hydrogen (secondary N) is 1. The van der Waals surface area contributed by atoms with E-state index in [2.05, 4.69) is 92.9 Å². The largest absolute Gasteiger partial charge is 0.352 e. The first-order valence-electron chi connectivity index (χ1n) is 10.4. The van der Waals surface area contributed by atoms with E-state index in [4.69, 9.17) is 12.2 Å². The highest BCUT2D eigenvalue weighted by Gasteiger charge is 2.41. The summed E-state index contributed by atoms with van der Waals surface area (Å²) in [5, 5.41) is 4.38. The van der Waals surface area contributed by atoms with Crippen LogP contribution in [0.2, 0.25) is 0 Å². The molecule has 1 aliphatic heterocycles. The van der Waals surface area contributed by atoms with Crippen molar-refractivity contribution >= 4 is 33.3 Å². The highest BCUT2D eigenvalue weighted by atomic mass is 79.9. The summed E-state index contributed by atoms with van der Waals surface area (Å²) >= 11 is 9.39. The van der Waals surface area contributed by atoms with Crippen molar-refractivity contribution in [1.82, 2.24) is 19.8 Å². The number of benzene rings is 1. The molecule has 4 rings (SSSR count).